The topological polar surface area (TPSA) is 54.0 Å². The van der Waals surface area contributed by atoms with Crippen LogP contribution in [0.4, 0.5) is 13.2 Å². The molecule has 2 aromatic carbocycles. The van der Waals surface area contributed by atoms with E-state index in [1.807, 2.05) is 0 Å². The highest BCUT2D eigenvalue weighted by Gasteiger charge is 2.32. The average Bonchev–Trinajstić information content (AvgIpc) is 2.63. The zero-order valence-electron chi connectivity index (χ0n) is 15.0. The number of hydrogen-bond donors (Lipinski definition) is 0. The molecule has 0 fully saturated rings. The predicted octanol–water partition coefficient (Wildman–Crippen LogP) is 4.50. The molecule has 0 saturated carbocycles. The van der Waals surface area contributed by atoms with Gasteiger partial charge in [-0.3, -0.25) is 4.79 Å². The molecule has 0 atom stereocenters. The van der Waals surface area contributed by atoms with Crippen molar-refractivity contribution in [2.24, 2.45) is 0 Å². The maximum atomic E-state index is 13.0. The summed E-state index contributed by atoms with van der Waals surface area (Å²) in [5.41, 5.74) is -0.112. The molecule has 0 bridgehead atoms. The molecule has 2 rings (SSSR count). The number of hydrogen-bond acceptors (Lipinski definition) is 5. The van der Waals surface area contributed by atoms with Crippen LogP contribution in [0.2, 0.25) is 0 Å². The number of rotatable bonds is 7. The molecular formula is C19H19F3O5. The standard InChI is InChI=1S/C19H19F3O5/c1-24-17(23)10-12-5-4-6-14(9-12)27-16-8-7-13(19(20,21)22)11-15(16)18(25-2)26-3/h4-9,11,18H,10H2,1-3H3. The molecule has 8 heteroatoms. The molecule has 0 aromatic heterocycles. The molecule has 0 amide bonds. The molecule has 5 nitrogen and oxygen atoms in total. The quantitative estimate of drug-likeness (QED) is 0.520. The summed E-state index contributed by atoms with van der Waals surface area (Å²) in [5.74, 6) is 0.0801. The van der Waals surface area contributed by atoms with Crippen molar-refractivity contribution in [3.05, 3.63) is 59.2 Å². The van der Waals surface area contributed by atoms with Crippen LogP contribution < -0.4 is 4.74 Å². The van der Waals surface area contributed by atoms with Crippen LogP contribution in [0.5, 0.6) is 11.5 Å². The van der Waals surface area contributed by atoms with Gasteiger partial charge in [-0.15, -0.1) is 0 Å². The molecule has 0 heterocycles. The molecule has 0 saturated heterocycles. The Morgan fingerprint density at radius 2 is 1.74 bits per heavy atom. The van der Waals surface area contributed by atoms with Crippen molar-refractivity contribution in [2.45, 2.75) is 18.9 Å². The minimum atomic E-state index is -4.51. The fraction of sp³-hybridized carbons (Fsp3) is 0.316. The van der Waals surface area contributed by atoms with Gasteiger partial charge in [-0.25, -0.2) is 0 Å². The Morgan fingerprint density at radius 1 is 1.04 bits per heavy atom. The number of ether oxygens (including phenoxy) is 4. The number of benzene rings is 2. The number of carbonyl (C=O) groups is 1. The van der Waals surface area contributed by atoms with Gasteiger partial charge in [0.2, 0.25) is 0 Å². The molecule has 0 aliphatic heterocycles. The SMILES string of the molecule is COC(=O)Cc1cccc(Oc2ccc(C(F)(F)F)cc2C(OC)OC)c1. The molecule has 0 unspecified atom stereocenters. The second-order valence-corrected chi connectivity index (χ2v) is 5.56. The van der Waals surface area contributed by atoms with Crippen LogP contribution >= 0.6 is 0 Å². The van der Waals surface area contributed by atoms with Gasteiger partial charge < -0.3 is 18.9 Å². The molecule has 2 aromatic rings. The maximum absolute atomic E-state index is 13.0. The van der Waals surface area contributed by atoms with Crippen molar-refractivity contribution >= 4 is 5.97 Å². The van der Waals surface area contributed by atoms with Crippen LogP contribution in [0.25, 0.3) is 0 Å². The first-order valence-electron chi connectivity index (χ1n) is 7.88. The summed E-state index contributed by atoms with van der Waals surface area (Å²) >= 11 is 0. The highest BCUT2D eigenvalue weighted by Crippen LogP contribution is 2.37. The van der Waals surface area contributed by atoms with Gasteiger partial charge in [-0.05, 0) is 35.9 Å². The predicted molar refractivity (Wildman–Crippen MR) is 90.4 cm³/mol. The maximum Gasteiger partial charge on any atom is 0.416 e. The van der Waals surface area contributed by atoms with Crippen LogP contribution in [0, 0.1) is 0 Å². The average molecular weight is 384 g/mol. The van der Waals surface area contributed by atoms with Crippen molar-refractivity contribution in [1.29, 1.82) is 0 Å². The van der Waals surface area contributed by atoms with Gasteiger partial charge in [0, 0.05) is 14.2 Å². The molecule has 146 valence electrons. The number of halogens is 3. The number of methoxy groups -OCH3 is 3. The Labute approximate surface area is 154 Å². The Kier molecular flexibility index (Phi) is 6.81. The zero-order chi connectivity index (χ0) is 20.0. The molecule has 0 spiro atoms. The lowest BCUT2D eigenvalue weighted by Gasteiger charge is -2.20. The first-order chi connectivity index (χ1) is 12.8. The van der Waals surface area contributed by atoms with Crippen LogP contribution in [-0.2, 0) is 31.6 Å². The van der Waals surface area contributed by atoms with Gasteiger partial charge in [-0.1, -0.05) is 12.1 Å². The third kappa shape index (κ3) is 5.45. The van der Waals surface area contributed by atoms with Gasteiger partial charge >= 0.3 is 12.1 Å². The number of alkyl halides is 3. The normalized spacial score (nSPS) is 11.5. The minimum Gasteiger partial charge on any atom is -0.469 e. The van der Waals surface area contributed by atoms with E-state index in [2.05, 4.69) is 4.74 Å². The second-order valence-electron chi connectivity index (χ2n) is 5.56. The molecular weight excluding hydrogens is 365 g/mol. The Hall–Kier alpha value is -2.58. The van der Waals surface area contributed by atoms with Crippen molar-refractivity contribution in [3.8, 4) is 11.5 Å². The summed E-state index contributed by atoms with van der Waals surface area (Å²) in [4.78, 5) is 11.4. The van der Waals surface area contributed by atoms with Crippen LogP contribution in [0.15, 0.2) is 42.5 Å². The summed E-state index contributed by atoms with van der Waals surface area (Å²) in [7, 11) is 3.91. The van der Waals surface area contributed by atoms with Crippen LogP contribution in [0.3, 0.4) is 0 Å². The van der Waals surface area contributed by atoms with Gasteiger partial charge in [0.1, 0.15) is 11.5 Å². The molecule has 27 heavy (non-hydrogen) atoms. The highest BCUT2D eigenvalue weighted by molar-refractivity contribution is 5.72. The molecule has 0 aliphatic carbocycles. The van der Waals surface area contributed by atoms with E-state index in [-0.39, 0.29) is 17.7 Å². The van der Waals surface area contributed by atoms with Crippen molar-refractivity contribution in [2.75, 3.05) is 21.3 Å². The molecule has 0 radical (unpaired) electrons. The Bertz CT molecular complexity index is 785. The third-order valence-corrected chi connectivity index (χ3v) is 3.72. The van der Waals surface area contributed by atoms with E-state index in [0.717, 1.165) is 12.1 Å². The zero-order valence-corrected chi connectivity index (χ0v) is 15.0. The van der Waals surface area contributed by atoms with Gasteiger partial charge in [0.15, 0.2) is 6.29 Å². The van der Waals surface area contributed by atoms with E-state index in [1.54, 1.807) is 24.3 Å². The smallest absolute Gasteiger partial charge is 0.416 e. The highest BCUT2D eigenvalue weighted by atomic mass is 19.4. The lowest BCUT2D eigenvalue weighted by molar-refractivity contribution is -0.140. The third-order valence-electron chi connectivity index (χ3n) is 3.72. The second kappa shape index (κ2) is 8.88. The number of esters is 1. The fourth-order valence-corrected chi connectivity index (χ4v) is 2.44. The summed E-state index contributed by atoms with van der Waals surface area (Å²) in [5, 5.41) is 0. The van der Waals surface area contributed by atoms with Crippen LogP contribution in [0.1, 0.15) is 23.0 Å². The lowest BCUT2D eigenvalue weighted by Crippen LogP contribution is -2.10. The molecule has 0 aliphatic rings. The van der Waals surface area contributed by atoms with Crippen molar-refractivity contribution < 1.29 is 36.9 Å². The summed E-state index contributed by atoms with van der Waals surface area (Å²) in [6.07, 6.45) is -5.51. The van der Waals surface area contributed by atoms with Gasteiger partial charge in [0.05, 0.1) is 24.7 Å². The van der Waals surface area contributed by atoms with E-state index in [9.17, 15) is 18.0 Å². The monoisotopic (exact) mass is 384 g/mol. The van der Waals surface area contributed by atoms with E-state index >= 15 is 0 Å². The minimum absolute atomic E-state index is 0.0480. The number of carbonyl (C=O) groups excluding carboxylic acids is 1. The summed E-state index contributed by atoms with van der Waals surface area (Å²) in [6, 6.07) is 9.65. The van der Waals surface area contributed by atoms with Crippen LogP contribution in [-0.4, -0.2) is 27.3 Å². The van der Waals surface area contributed by atoms with Crippen molar-refractivity contribution in [1.82, 2.24) is 0 Å². The summed E-state index contributed by atoms with van der Waals surface area (Å²) < 4.78 is 59.7. The molecule has 0 N–H and O–H groups in total. The largest absolute Gasteiger partial charge is 0.469 e. The van der Waals surface area contributed by atoms with E-state index in [1.165, 1.54) is 27.4 Å². The van der Waals surface area contributed by atoms with Gasteiger partial charge in [0.25, 0.3) is 0 Å². The van der Waals surface area contributed by atoms with Gasteiger partial charge in [-0.2, -0.15) is 13.2 Å². The Morgan fingerprint density at radius 3 is 2.33 bits per heavy atom. The Balaban J connectivity index is 2.37. The van der Waals surface area contributed by atoms with Crippen molar-refractivity contribution in [3.63, 3.8) is 0 Å². The lowest BCUT2D eigenvalue weighted by atomic mass is 10.1. The van der Waals surface area contributed by atoms with E-state index < -0.39 is 24.0 Å². The van der Waals surface area contributed by atoms with E-state index in [4.69, 9.17) is 14.2 Å². The first kappa shape index (κ1) is 20.7. The van der Waals surface area contributed by atoms with E-state index in [0.29, 0.717) is 11.3 Å². The summed E-state index contributed by atoms with van der Waals surface area (Å²) in [6.45, 7) is 0. The first-order valence-corrected chi connectivity index (χ1v) is 7.88. The fourth-order valence-electron chi connectivity index (χ4n) is 2.44.